The number of pyridine rings is 1. The van der Waals surface area contributed by atoms with Gasteiger partial charge in [-0.2, -0.15) is 10.2 Å². The fourth-order valence-corrected chi connectivity index (χ4v) is 7.02. The molecule has 5 heterocycles. The lowest BCUT2D eigenvalue weighted by Gasteiger charge is -2.34. The molecule has 0 saturated carbocycles. The third kappa shape index (κ3) is 7.99. The molecule has 14 nitrogen and oxygen atoms in total. The molecule has 1 saturated heterocycles. The molecule has 0 radical (unpaired) electrons. The summed E-state index contributed by atoms with van der Waals surface area (Å²) in [4.78, 5) is 25.9. The van der Waals surface area contributed by atoms with E-state index in [9.17, 15) is 9.90 Å². The quantitative estimate of drug-likeness (QED) is 0.137. The molecule has 0 bridgehead atoms. The van der Waals surface area contributed by atoms with Gasteiger partial charge in [-0.05, 0) is 74.2 Å². The minimum absolute atomic E-state index is 0.00690. The molecule has 15 heteroatoms. The van der Waals surface area contributed by atoms with E-state index in [0.29, 0.717) is 75.1 Å². The summed E-state index contributed by atoms with van der Waals surface area (Å²) in [5.41, 5.74) is 4.29. The fourth-order valence-electron chi connectivity index (χ4n) is 7.02. The van der Waals surface area contributed by atoms with E-state index >= 15 is 4.39 Å². The second kappa shape index (κ2) is 16.0. The van der Waals surface area contributed by atoms with Crippen LogP contribution < -0.4 is 10.1 Å². The number of aliphatic hydroxyl groups excluding tert-OH is 1. The van der Waals surface area contributed by atoms with Crippen LogP contribution in [0.15, 0.2) is 67.1 Å². The molecule has 2 atom stereocenters. The van der Waals surface area contributed by atoms with E-state index in [0.717, 1.165) is 33.3 Å². The summed E-state index contributed by atoms with van der Waals surface area (Å²) in [6, 6.07) is 14.6. The number of hydrogen-bond donors (Lipinski definition) is 3. The zero-order chi connectivity index (χ0) is 37.8. The molecule has 3 N–H and O–H groups in total. The van der Waals surface area contributed by atoms with Crippen molar-refractivity contribution in [3.05, 3.63) is 78.5 Å². The predicted molar refractivity (Wildman–Crippen MR) is 202 cm³/mol. The molecule has 2 aromatic carbocycles. The molecule has 0 spiro atoms. The van der Waals surface area contributed by atoms with E-state index < -0.39 is 17.6 Å². The number of nitrogens with one attached hydrogen (secondary N) is 2. The van der Waals surface area contributed by atoms with Crippen LogP contribution in [0.3, 0.4) is 0 Å². The average Bonchev–Trinajstić information content (AvgIpc) is 3.93. The van der Waals surface area contributed by atoms with E-state index in [1.54, 1.807) is 37.5 Å². The third-order valence-electron chi connectivity index (χ3n) is 10.0. The topological polar surface area (TPSA) is 156 Å². The van der Waals surface area contributed by atoms with Gasteiger partial charge in [0.25, 0.3) is 0 Å². The highest BCUT2D eigenvalue weighted by Gasteiger charge is 2.45. The Morgan fingerprint density at radius 1 is 1.09 bits per heavy atom. The highest BCUT2D eigenvalue weighted by Crippen LogP contribution is 2.33. The van der Waals surface area contributed by atoms with Crippen molar-refractivity contribution in [1.29, 1.82) is 0 Å². The SMILES string of the molecule is COCCn1cnc(-c2ccc(C3=CCN(C(=O)CN4CC[C@@](OC)(C(O)Nc5ccc6[nH]nc(-c7ccc(OC(C)C)nc7)c6c5)C4)CC3)cc2F)n1. The van der Waals surface area contributed by atoms with Gasteiger partial charge in [0, 0.05) is 69.3 Å². The number of aromatic amines is 1. The summed E-state index contributed by atoms with van der Waals surface area (Å²) in [6.45, 7) is 7.05. The number of rotatable bonds is 14. The van der Waals surface area contributed by atoms with Crippen molar-refractivity contribution in [1.82, 2.24) is 39.7 Å². The van der Waals surface area contributed by atoms with Crippen LogP contribution in [-0.4, -0.2) is 122 Å². The minimum Gasteiger partial charge on any atom is -0.475 e. The summed E-state index contributed by atoms with van der Waals surface area (Å²) in [6.07, 6.45) is 5.41. The number of likely N-dealkylation sites (tertiary alicyclic amines) is 1. The Labute approximate surface area is 312 Å². The Hall–Kier alpha value is -5.22. The van der Waals surface area contributed by atoms with Crippen LogP contribution in [0.1, 0.15) is 32.3 Å². The number of carbonyl (C=O) groups is 1. The number of methoxy groups -OCH3 is 2. The molecule has 1 fully saturated rings. The zero-order valence-corrected chi connectivity index (χ0v) is 31.0. The van der Waals surface area contributed by atoms with Gasteiger partial charge in [-0.3, -0.25) is 19.5 Å². The fraction of sp³-hybridized carbons (Fsp3) is 0.410. The van der Waals surface area contributed by atoms with Gasteiger partial charge < -0.3 is 29.5 Å². The van der Waals surface area contributed by atoms with Crippen molar-refractivity contribution >= 4 is 28.1 Å². The molecule has 3 aromatic heterocycles. The summed E-state index contributed by atoms with van der Waals surface area (Å²) in [5.74, 6) is 0.469. The smallest absolute Gasteiger partial charge is 0.237 e. The second-order valence-corrected chi connectivity index (χ2v) is 14.0. The highest BCUT2D eigenvalue weighted by molar-refractivity contribution is 5.94. The molecule has 284 valence electrons. The Balaban J connectivity index is 0.944. The summed E-state index contributed by atoms with van der Waals surface area (Å²) in [7, 11) is 3.20. The van der Waals surface area contributed by atoms with Crippen molar-refractivity contribution in [2.75, 3.05) is 58.9 Å². The predicted octanol–water partition coefficient (Wildman–Crippen LogP) is 4.59. The lowest BCUT2D eigenvalue weighted by Crippen LogP contribution is -2.51. The van der Waals surface area contributed by atoms with Crippen molar-refractivity contribution in [2.24, 2.45) is 0 Å². The first-order valence-corrected chi connectivity index (χ1v) is 18.1. The molecular formula is C39H46FN9O5. The molecule has 1 unspecified atom stereocenters. The zero-order valence-electron chi connectivity index (χ0n) is 31.0. The van der Waals surface area contributed by atoms with Crippen LogP contribution in [-0.2, 0) is 20.8 Å². The Bertz CT molecular complexity index is 2120. The Morgan fingerprint density at radius 2 is 1.94 bits per heavy atom. The molecule has 2 aliphatic heterocycles. The van der Waals surface area contributed by atoms with Gasteiger partial charge in [-0.15, -0.1) is 0 Å². The number of fused-ring (bicyclic) bond motifs is 1. The van der Waals surface area contributed by atoms with E-state index in [1.165, 1.54) is 6.07 Å². The lowest BCUT2D eigenvalue weighted by molar-refractivity contribution is -0.132. The van der Waals surface area contributed by atoms with Gasteiger partial charge in [0.05, 0.1) is 36.9 Å². The highest BCUT2D eigenvalue weighted by atomic mass is 19.1. The first-order valence-electron chi connectivity index (χ1n) is 18.1. The van der Waals surface area contributed by atoms with Crippen molar-refractivity contribution in [3.8, 4) is 28.5 Å². The third-order valence-corrected chi connectivity index (χ3v) is 10.0. The monoisotopic (exact) mass is 739 g/mol. The van der Waals surface area contributed by atoms with E-state index in [2.05, 4.69) is 30.6 Å². The maximum Gasteiger partial charge on any atom is 0.237 e. The number of carbonyl (C=O) groups excluding carboxylic acids is 1. The number of hydrogen-bond acceptors (Lipinski definition) is 11. The first-order chi connectivity index (χ1) is 26.1. The molecule has 5 aromatic rings. The number of nitrogens with zero attached hydrogens (tertiary/aromatic N) is 7. The van der Waals surface area contributed by atoms with Gasteiger partial charge in [0.15, 0.2) is 12.1 Å². The average molecular weight is 740 g/mol. The van der Waals surface area contributed by atoms with Gasteiger partial charge >= 0.3 is 0 Å². The van der Waals surface area contributed by atoms with E-state index in [1.807, 2.05) is 66.1 Å². The largest absolute Gasteiger partial charge is 0.475 e. The van der Waals surface area contributed by atoms with Crippen molar-refractivity contribution < 1.29 is 28.5 Å². The number of ether oxygens (including phenoxy) is 3. The Morgan fingerprint density at radius 3 is 2.67 bits per heavy atom. The lowest BCUT2D eigenvalue weighted by atomic mass is 9.98. The van der Waals surface area contributed by atoms with E-state index in [-0.39, 0.29) is 18.6 Å². The molecule has 1 amide bonds. The van der Waals surface area contributed by atoms with Crippen molar-refractivity contribution in [2.45, 2.75) is 51.2 Å². The number of aromatic nitrogens is 6. The van der Waals surface area contributed by atoms with Crippen LogP contribution in [0.25, 0.3) is 39.1 Å². The molecule has 2 aliphatic rings. The first kappa shape index (κ1) is 37.1. The maximum absolute atomic E-state index is 15.2. The van der Waals surface area contributed by atoms with Crippen LogP contribution in [0.5, 0.6) is 5.88 Å². The normalized spacial score (nSPS) is 18.4. The number of aliphatic hydroxyl groups is 1. The van der Waals surface area contributed by atoms with Gasteiger partial charge in [0.2, 0.25) is 11.8 Å². The van der Waals surface area contributed by atoms with Crippen LogP contribution >= 0.6 is 0 Å². The minimum atomic E-state index is -1.04. The van der Waals surface area contributed by atoms with Gasteiger partial charge in [-0.25, -0.2) is 14.4 Å². The number of halogens is 1. The van der Waals surface area contributed by atoms with Crippen LogP contribution in [0, 0.1) is 5.82 Å². The molecular weight excluding hydrogens is 693 g/mol. The number of benzene rings is 2. The summed E-state index contributed by atoms with van der Waals surface area (Å²) in [5, 5.41) is 27.5. The maximum atomic E-state index is 15.2. The molecule has 54 heavy (non-hydrogen) atoms. The molecule has 0 aliphatic carbocycles. The number of H-pyrrole nitrogens is 1. The van der Waals surface area contributed by atoms with Crippen molar-refractivity contribution in [3.63, 3.8) is 0 Å². The second-order valence-electron chi connectivity index (χ2n) is 14.0. The summed E-state index contributed by atoms with van der Waals surface area (Å²) >= 11 is 0. The van der Waals surface area contributed by atoms with E-state index in [4.69, 9.17) is 14.2 Å². The van der Waals surface area contributed by atoms with Crippen LogP contribution in [0.4, 0.5) is 10.1 Å². The summed E-state index contributed by atoms with van der Waals surface area (Å²) < 4.78 is 33.5. The van der Waals surface area contributed by atoms with Gasteiger partial charge in [-0.1, -0.05) is 12.1 Å². The molecule has 7 rings (SSSR count). The number of anilines is 1. The van der Waals surface area contributed by atoms with Gasteiger partial charge in [0.1, 0.15) is 23.4 Å². The van der Waals surface area contributed by atoms with Crippen LogP contribution in [0.2, 0.25) is 0 Å². The Kier molecular flexibility index (Phi) is 11.0. The number of amides is 1. The standard InChI is InChI=1S/C39H46FN9O5/c1-25(2)54-34-10-6-28(21-41-34)36-31-20-29(7-9-33(31)44-45-36)43-38(51)39(53-4)13-16-47(23-39)22-35(50)48-14-11-26(12-15-48)27-5-8-30(32(40)19-27)37-42-24-49(46-37)17-18-52-3/h5-11,19-21,24-25,38,43,51H,12-18,22-23H2,1-4H3,(H,44,45)/t38?,39-/m0/s1.